The van der Waals surface area contributed by atoms with Gasteiger partial charge in [-0.15, -0.1) is 0 Å². The Morgan fingerprint density at radius 2 is 2.10 bits per heavy atom. The molecule has 1 aromatic carbocycles. The number of amides is 1. The molecule has 1 heterocycles. The van der Waals surface area contributed by atoms with E-state index in [2.05, 4.69) is 20.5 Å². The van der Waals surface area contributed by atoms with Crippen LogP contribution in [-0.2, 0) is 4.79 Å². The van der Waals surface area contributed by atoms with Crippen LogP contribution in [-0.4, -0.2) is 28.6 Å². The number of hydrogen-bond acceptors (Lipinski definition) is 5. The molecule has 1 aromatic heterocycles. The average Bonchev–Trinajstić information content (AvgIpc) is 2.52. The number of hydrogen-bond donors (Lipinski definition) is 2. The van der Waals surface area contributed by atoms with Crippen LogP contribution in [0.25, 0.3) is 11.0 Å². The number of hydrazone groups is 1. The number of benzene rings is 1. The first-order valence-corrected chi connectivity index (χ1v) is 7.03. The highest BCUT2D eigenvalue weighted by atomic mass is 16.2. The molecular weight excluding hydrogens is 266 g/mol. The molecule has 0 atom stereocenters. The van der Waals surface area contributed by atoms with Gasteiger partial charge in [0, 0.05) is 24.4 Å². The van der Waals surface area contributed by atoms with Crippen molar-refractivity contribution in [2.45, 2.75) is 25.7 Å². The largest absolute Gasteiger partial charge is 0.330 e. The molecule has 6 heteroatoms. The van der Waals surface area contributed by atoms with E-state index in [4.69, 9.17) is 5.73 Å². The normalized spacial score (nSPS) is 11.1. The Morgan fingerprint density at radius 3 is 2.95 bits per heavy atom. The molecule has 0 radical (unpaired) electrons. The molecule has 110 valence electrons. The van der Waals surface area contributed by atoms with Gasteiger partial charge in [-0.3, -0.25) is 14.8 Å². The molecule has 0 aliphatic heterocycles. The first-order valence-electron chi connectivity index (χ1n) is 7.03. The highest BCUT2D eigenvalue weighted by Crippen LogP contribution is 2.11. The number of para-hydroxylation sites is 1. The molecule has 3 N–H and O–H groups in total. The monoisotopic (exact) mass is 285 g/mol. The van der Waals surface area contributed by atoms with Crippen molar-refractivity contribution in [2.24, 2.45) is 10.8 Å². The van der Waals surface area contributed by atoms with E-state index in [1.807, 2.05) is 18.2 Å². The number of aromatic nitrogens is 2. The summed E-state index contributed by atoms with van der Waals surface area (Å²) in [5.41, 5.74) is 10.3. The highest BCUT2D eigenvalue weighted by Gasteiger charge is 2.01. The summed E-state index contributed by atoms with van der Waals surface area (Å²) >= 11 is 0. The molecule has 21 heavy (non-hydrogen) atoms. The Balaban J connectivity index is 1.90. The SMILES string of the molecule is NCCCCCC(=O)N/N=C\c1cccc2nccnc12. The number of unbranched alkanes of at least 4 members (excludes halogenated alkanes) is 2. The Morgan fingerprint density at radius 1 is 1.24 bits per heavy atom. The maximum Gasteiger partial charge on any atom is 0.240 e. The van der Waals surface area contributed by atoms with Crippen LogP contribution in [0.1, 0.15) is 31.2 Å². The molecule has 0 spiro atoms. The number of nitrogens with one attached hydrogen (secondary N) is 1. The van der Waals surface area contributed by atoms with Crippen molar-refractivity contribution in [3.05, 3.63) is 36.2 Å². The summed E-state index contributed by atoms with van der Waals surface area (Å²) in [6.45, 7) is 0.669. The number of nitrogens with two attached hydrogens (primary N) is 1. The van der Waals surface area contributed by atoms with Gasteiger partial charge in [0.2, 0.25) is 5.91 Å². The van der Waals surface area contributed by atoms with E-state index in [1.165, 1.54) is 0 Å². The molecule has 1 amide bonds. The lowest BCUT2D eigenvalue weighted by Crippen LogP contribution is -2.17. The van der Waals surface area contributed by atoms with E-state index >= 15 is 0 Å². The fourth-order valence-corrected chi connectivity index (χ4v) is 1.96. The quantitative estimate of drug-likeness (QED) is 0.459. The third-order valence-corrected chi connectivity index (χ3v) is 3.03. The third kappa shape index (κ3) is 4.61. The lowest BCUT2D eigenvalue weighted by molar-refractivity contribution is -0.121. The van der Waals surface area contributed by atoms with Crippen LogP contribution < -0.4 is 11.2 Å². The van der Waals surface area contributed by atoms with E-state index in [0.717, 1.165) is 35.9 Å². The molecule has 0 saturated carbocycles. The first kappa shape index (κ1) is 15.1. The zero-order valence-corrected chi connectivity index (χ0v) is 11.8. The van der Waals surface area contributed by atoms with Crippen molar-refractivity contribution in [1.29, 1.82) is 0 Å². The molecule has 0 fully saturated rings. The van der Waals surface area contributed by atoms with Gasteiger partial charge >= 0.3 is 0 Å². The van der Waals surface area contributed by atoms with E-state index in [0.29, 0.717) is 13.0 Å². The van der Waals surface area contributed by atoms with Crippen molar-refractivity contribution < 1.29 is 4.79 Å². The maximum atomic E-state index is 11.6. The fourth-order valence-electron chi connectivity index (χ4n) is 1.96. The van der Waals surface area contributed by atoms with Gasteiger partial charge in [0.25, 0.3) is 0 Å². The second-order valence-electron chi connectivity index (χ2n) is 4.66. The van der Waals surface area contributed by atoms with Crippen molar-refractivity contribution in [1.82, 2.24) is 15.4 Å². The summed E-state index contributed by atoms with van der Waals surface area (Å²) in [6.07, 6.45) is 8.08. The Kier molecular flexibility index (Phi) is 5.78. The molecule has 0 bridgehead atoms. The standard InChI is InChI=1S/C15H19N5O/c16-8-3-1-2-7-14(21)20-19-11-12-5-4-6-13-15(12)18-10-9-17-13/h4-6,9-11H,1-3,7-8,16H2,(H,20,21)/b19-11-. The summed E-state index contributed by atoms with van der Waals surface area (Å²) in [7, 11) is 0. The van der Waals surface area contributed by atoms with Crippen LogP contribution in [0.4, 0.5) is 0 Å². The zero-order valence-electron chi connectivity index (χ0n) is 11.8. The van der Waals surface area contributed by atoms with Gasteiger partial charge in [-0.1, -0.05) is 18.6 Å². The van der Waals surface area contributed by atoms with E-state index in [-0.39, 0.29) is 5.91 Å². The van der Waals surface area contributed by atoms with Gasteiger partial charge < -0.3 is 5.73 Å². The predicted molar refractivity (Wildman–Crippen MR) is 82.8 cm³/mol. The number of nitrogens with zero attached hydrogens (tertiary/aromatic N) is 3. The highest BCUT2D eigenvalue weighted by molar-refractivity contribution is 5.96. The molecule has 2 rings (SSSR count). The summed E-state index contributed by atoms with van der Waals surface area (Å²) in [5, 5.41) is 3.97. The smallest absolute Gasteiger partial charge is 0.240 e. The van der Waals surface area contributed by atoms with Crippen molar-refractivity contribution in [3.8, 4) is 0 Å². The van der Waals surface area contributed by atoms with Crippen LogP contribution in [0.3, 0.4) is 0 Å². The van der Waals surface area contributed by atoms with Crippen LogP contribution in [0.15, 0.2) is 35.7 Å². The van der Waals surface area contributed by atoms with Crippen LogP contribution in [0, 0.1) is 0 Å². The number of carbonyl (C=O) groups is 1. The lowest BCUT2D eigenvalue weighted by Gasteiger charge is -2.01. The zero-order chi connectivity index (χ0) is 14.9. The fraction of sp³-hybridized carbons (Fsp3) is 0.333. The molecule has 0 saturated heterocycles. The van der Waals surface area contributed by atoms with E-state index in [9.17, 15) is 4.79 Å². The minimum Gasteiger partial charge on any atom is -0.330 e. The third-order valence-electron chi connectivity index (χ3n) is 3.03. The van der Waals surface area contributed by atoms with Gasteiger partial charge in [0.15, 0.2) is 0 Å². The summed E-state index contributed by atoms with van der Waals surface area (Å²) in [6, 6.07) is 5.65. The van der Waals surface area contributed by atoms with Crippen molar-refractivity contribution >= 4 is 23.2 Å². The Labute approximate surface area is 123 Å². The average molecular weight is 285 g/mol. The van der Waals surface area contributed by atoms with Gasteiger partial charge in [-0.05, 0) is 25.5 Å². The number of fused-ring (bicyclic) bond motifs is 1. The molecule has 6 nitrogen and oxygen atoms in total. The summed E-state index contributed by atoms with van der Waals surface area (Å²) < 4.78 is 0. The van der Waals surface area contributed by atoms with Crippen LogP contribution >= 0.6 is 0 Å². The van der Waals surface area contributed by atoms with Gasteiger partial charge in [0.05, 0.1) is 17.2 Å². The molecular formula is C15H19N5O. The summed E-state index contributed by atoms with van der Waals surface area (Å²) in [4.78, 5) is 20.1. The topological polar surface area (TPSA) is 93.3 Å². The predicted octanol–water partition coefficient (Wildman–Crippen LogP) is 1.60. The molecule has 0 aliphatic carbocycles. The number of carbonyl (C=O) groups excluding carboxylic acids is 1. The van der Waals surface area contributed by atoms with Gasteiger partial charge in [0.1, 0.15) is 0 Å². The molecule has 2 aromatic rings. The first-order chi connectivity index (χ1) is 10.3. The van der Waals surface area contributed by atoms with Gasteiger partial charge in [-0.25, -0.2) is 5.43 Å². The second kappa shape index (κ2) is 8.06. The van der Waals surface area contributed by atoms with Crippen LogP contribution in [0.2, 0.25) is 0 Å². The van der Waals surface area contributed by atoms with Crippen LogP contribution in [0.5, 0.6) is 0 Å². The Bertz CT molecular complexity index is 621. The minimum atomic E-state index is -0.0883. The van der Waals surface area contributed by atoms with Crippen molar-refractivity contribution in [3.63, 3.8) is 0 Å². The van der Waals surface area contributed by atoms with E-state index < -0.39 is 0 Å². The summed E-state index contributed by atoms with van der Waals surface area (Å²) in [5.74, 6) is -0.0883. The number of rotatable bonds is 7. The molecule has 0 aliphatic rings. The van der Waals surface area contributed by atoms with E-state index in [1.54, 1.807) is 18.6 Å². The minimum absolute atomic E-state index is 0.0883. The maximum absolute atomic E-state index is 11.6. The second-order valence-corrected chi connectivity index (χ2v) is 4.66. The molecule has 0 unspecified atom stereocenters. The van der Waals surface area contributed by atoms with Gasteiger partial charge in [-0.2, -0.15) is 5.10 Å². The lowest BCUT2D eigenvalue weighted by atomic mass is 10.2. The van der Waals surface area contributed by atoms with Crippen molar-refractivity contribution in [2.75, 3.05) is 6.54 Å². The Hall–Kier alpha value is -2.34.